The van der Waals surface area contributed by atoms with Gasteiger partial charge in [-0.25, -0.2) is 4.98 Å². The third kappa shape index (κ3) is 4.03. The van der Waals surface area contributed by atoms with Crippen molar-refractivity contribution in [2.24, 2.45) is 0 Å². The fourth-order valence-electron chi connectivity index (χ4n) is 3.36. The summed E-state index contributed by atoms with van der Waals surface area (Å²) in [7, 11) is 1.63. The Balaban J connectivity index is 1.35. The molecule has 0 radical (unpaired) electrons. The summed E-state index contributed by atoms with van der Waals surface area (Å²) >= 11 is 0. The van der Waals surface area contributed by atoms with Crippen LogP contribution in [0.25, 0.3) is 10.9 Å². The first-order chi connectivity index (χ1) is 13.2. The van der Waals surface area contributed by atoms with E-state index in [0.717, 1.165) is 28.6 Å². The maximum Gasteiger partial charge on any atom is 0.227 e. The van der Waals surface area contributed by atoms with Crippen LogP contribution in [-0.4, -0.2) is 42.1 Å². The molecule has 1 aliphatic heterocycles. The Bertz CT molecular complexity index is 940. The van der Waals surface area contributed by atoms with E-state index < -0.39 is 0 Å². The number of pyridine rings is 1. The maximum atomic E-state index is 12.6. The highest BCUT2D eigenvalue weighted by molar-refractivity contribution is 5.79. The second-order valence-corrected chi connectivity index (χ2v) is 6.74. The molecule has 27 heavy (non-hydrogen) atoms. The molecule has 4 rings (SSSR count). The van der Waals surface area contributed by atoms with Crippen molar-refractivity contribution in [1.82, 2.24) is 9.88 Å². The molecular weight excluding hydrogens is 340 g/mol. The van der Waals surface area contributed by atoms with Crippen LogP contribution in [0.3, 0.4) is 0 Å². The van der Waals surface area contributed by atoms with Crippen LogP contribution in [0.1, 0.15) is 12.0 Å². The molecular formula is C22H22N2O3. The Kier molecular flexibility index (Phi) is 4.92. The Labute approximate surface area is 158 Å². The summed E-state index contributed by atoms with van der Waals surface area (Å²) in [5.41, 5.74) is 1.90. The van der Waals surface area contributed by atoms with Crippen molar-refractivity contribution < 1.29 is 14.3 Å². The first-order valence-electron chi connectivity index (χ1n) is 9.14. The van der Waals surface area contributed by atoms with Crippen LogP contribution in [0.15, 0.2) is 60.7 Å². The molecule has 0 spiro atoms. The van der Waals surface area contributed by atoms with Crippen molar-refractivity contribution >= 4 is 16.8 Å². The van der Waals surface area contributed by atoms with E-state index in [1.165, 1.54) is 0 Å². The van der Waals surface area contributed by atoms with Gasteiger partial charge in [0.1, 0.15) is 11.9 Å². The van der Waals surface area contributed by atoms with E-state index >= 15 is 0 Å². The Morgan fingerprint density at radius 3 is 2.74 bits per heavy atom. The number of carbonyl (C=O) groups excluding carboxylic acids is 1. The number of hydrogen-bond donors (Lipinski definition) is 0. The number of para-hydroxylation sites is 1. The summed E-state index contributed by atoms with van der Waals surface area (Å²) in [6.07, 6.45) is 1.20. The number of likely N-dealkylation sites (tertiary alicyclic amines) is 1. The van der Waals surface area contributed by atoms with Crippen LogP contribution in [0.4, 0.5) is 0 Å². The van der Waals surface area contributed by atoms with Crippen molar-refractivity contribution in [2.45, 2.75) is 18.9 Å². The number of amides is 1. The van der Waals surface area contributed by atoms with Gasteiger partial charge >= 0.3 is 0 Å². The van der Waals surface area contributed by atoms with Gasteiger partial charge in [-0.1, -0.05) is 30.3 Å². The lowest BCUT2D eigenvalue weighted by molar-refractivity contribution is -0.129. The summed E-state index contributed by atoms with van der Waals surface area (Å²) in [6.45, 7) is 1.32. The van der Waals surface area contributed by atoms with Crippen molar-refractivity contribution in [1.29, 1.82) is 0 Å². The van der Waals surface area contributed by atoms with Crippen LogP contribution < -0.4 is 9.47 Å². The summed E-state index contributed by atoms with van der Waals surface area (Å²) < 4.78 is 11.2. The molecule has 0 aliphatic carbocycles. The highest BCUT2D eigenvalue weighted by Gasteiger charge is 2.27. The van der Waals surface area contributed by atoms with E-state index in [4.69, 9.17) is 9.47 Å². The van der Waals surface area contributed by atoms with Gasteiger partial charge in [-0.2, -0.15) is 0 Å². The molecule has 1 aromatic heterocycles. The molecule has 0 N–H and O–H groups in total. The highest BCUT2D eigenvalue weighted by Crippen LogP contribution is 2.21. The second-order valence-electron chi connectivity index (χ2n) is 6.74. The van der Waals surface area contributed by atoms with Gasteiger partial charge in [0.25, 0.3) is 0 Å². The zero-order chi connectivity index (χ0) is 18.6. The van der Waals surface area contributed by atoms with E-state index in [0.29, 0.717) is 25.4 Å². The molecule has 1 aliphatic rings. The molecule has 1 unspecified atom stereocenters. The standard InChI is InChI=1S/C22H22N2O3/c1-26-18-9-6-16(7-10-18)14-22(25)24-13-12-19(15-24)27-21-11-8-17-4-2-3-5-20(17)23-21/h2-11,19H,12-15H2,1H3. The lowest BCUT2D eigenvalue weighted by atomic mass is 10.1. The van der Waals surface area contributed by atoms with Gasteiger partial charge in [0, 0.05) is 24.4 Å². The summed E-state index contributed by atoms with van der Waals surface area (Å²) in [5, 5.41) is 1.09. The van der Waals surface area contributed by atoms with Crippen molar-refractivity contribution in [2.75, 3.05) is 20.2 Å². The largest absolute Gasteiger partial charge is 0.497 e. The van der Waals surface area contributed by atoms with E-state index in [1.807, 2.05) is 65.6 Å². The van der Waals surface area contributed by atoms with E-state index in [2.05, 4.69) is 4.98 Å². The number of hydrogen-bond acceptors (Lipinski definition) is 4. The monoisotopic (exact) mass is 362 g/mol. The smallest absolute Gasteiger partial charge is 0.227 e. The highest BCUT2D eigenvalue weighted by atomic mass is 16.5. The Hall–Kier alpha value is -3.08. The quantitative estimate of drug-likeness (QED) is 0.697. The van der Waals surface area contributed by atoms with Gasteiger partial charge < -0.3 is 14.4 Å². The number of ether oxygens (including phenoxy) is 2. The third-order valence-electron chi connectivity index (χ3n) is 4.87. The minimum absolute atomic E-state index is 0.0153. The van der Waals surface area contributed by atoms with Crippen LogP contribution in [-0.2, 0) is 11.2 Å². The number of nitrogens with zero attached hydrogens (tertiary/aromatic N) is 2. The fraction of sp³-hybridized carbons (Fsp3) is 0.273. The van der Waals surface area contributed by atoms with Gasteiger partial charge in [-0.05, 0) is 29.8 Å². The number of aromatic nitrogens is 1. The minimum Gasteiger partial charge on any atom is -0.497 e. The summed E-state index contributed by atoms with van der Waals surface area (Å²) in [4.78, 5) is 19.0. The van der Waals surface area contributed by atoms with Gasteiger partial charge in [0.15, 0.2) is 0 Å². The van der Waals surface area contributed by atoms with Gasteiger partial charge in [0.05, 0.1) is 25.6 Å². The lowest BCUT2D eigenvalue weighted by Crippen LogP contribution is -2.32. The van der Waals surface area contributed by atoms with Crippen LogP contribution >= 0.6 is 0 Å². The average molecular weight is 362 g/mol. The third-order valence-corrected chi connectivity index (χ3v) is 4.87. The van der Waals surface area contributed by atoms with E-state index in [-0.39, 0.29) is 12.0 Å². The first kappa shape index (κ1) is 17.3. The molecule has 2 heterocycles. The molecule has 1 fully saturated rings. The molecule has 138 valence electrons. The number of fused-ring (bicyclic) bond motifs is 1. The Morgan fingerprint density at radius 2 is 1.93 bits per heavy atom. The number of rotatable bonds is 5. The number of methoxy groups -OCH3 is 1. The average Bonchev–Trinajstić information content (AvgIpc) is 3.17. The molecule has 3 aromatic rings. The molecule has 0 bridgehead atoms. The number of carbonyl (C=O) groups is 1. The molecule has 0 saturated carbocycles. The van der Waals surface area contributed by atoms with Crippen molar-refractivity contribution in [3.63, 3.8) is 0 Å². The Morgan fingerprint density at radius 1 is 1.11 bits per heavy atom. The van der Waals surface area contributed by atoms with Crippen molar-refractivity contribution in [3.8, 4) is 11.6 Å². The number of benzene rings is 2. The second kappa shape index (κ2) is 7.66. The normalized spacial score (nSPS) is 16.5. The maximum absolute atomic E-state index is 12.6. The lowest BCUT2D eigenvalue weighted by Gasteiger charge is -2.17. The van der Waals surface area contributed by atoms with E-state index in [1.54, 1.807) is 7.11 Å². The molecule has 5 nitrogen and oxygen atoms in total. The van der Waals surface area contributed by atoms with Crippen LogP contribution in [0, 0.1) is 0 Å². The van der Waals surface area contributed by atoms with Gasteiger partial charge in [-0.15, -0.1) is 0 Å². The van der Waals surface area contributed by atoms with Gasteiger partial charge in [-0.3, -0.25) is 4.79 Å². The molecule has 2 aromatic carbocycles. The summed E-state index contributed by atoms with van der Waals surface area (Å²) in [5.74, 6) is 1.53. The first-order valence-corrected chi connectivity index (χ1v) is 9.14. The van der Waals surface area contributed by atoms with E-state index in [9.17, 15) is 4.79 Å². The predicted molar refractivity (Wildman–Crippen MR) is 104 cm³/mol. The predicted octanol–water partition coefficient (Wildman–Crippen LogP) is 3.47. The SMILES string of the molecule is COc1ccc(CC(=O)N2CCC(Oc3ccc4ccccc4n3)C2)cc1. The van der Waals surface area contributed by atoms with Crippen molar-refractivity contribution in [3.05, 3.63) is 66.2 Å². The molecule has 5 heteroatoms. The van der Waals surface area contributed by atoms with Crippen LogP contribution in [0.2, 0.25) is 0 Å². The summed E-state index contributed by atoms with van der Waals surface area (Å²) in [6, 6.07) is 19.5. The zero-order valence-electron chi connectivity index (χ0n) is 15.3. The fourth-order valence-corrected chi connectivity index (χ4v) is 3.36. The van der Waals surface area contributed by atoms with Crippen LogP contribution in [0.5, 0.6) is 11.6 Å². The molecule has 1 amide bonds. The van der Waals surface area contributed by atoms with Gasteiger partial charge in [0.2, 0.25) is 11.8 Å². The molecule has 1 saturated heterocycles. The minimum atomic E-state index is -0.0153. The zero-order valence-corrected chi connectivity index (χ0v) is 15.3. The topological polar surface area (TPSA) is 51.7 Å². The molecule has 1 atom stereocenters.